The van der Waals surface area contributed by atoms with E-state index in [0.29, 0.717) is 37.9 Å². The van der Waals surface area contributed by atoms with Crippen molar-refractivity contribution in [2.24, 2.45) is 13.5 Å². The first-order chi connectivity index (χ1) is 16.3. The molecule has 0 bridgehead atoms. The Kier molecular flexibility index (Phi) is 10.5. The molecule has 0 radical (unpaired) electrons. The van der Waals surface area contributed by atoms with Gasteiger partial charge in [0.05, 0.1) is 26.4 Å². The van der Waals surface area contributed by atoms with Crippen LogP contribution in [-0.4, -0.2) is 26.4 Å². The molecule has 0 aromatic heterocycles. The maximum Gasteiger partial charge on any atom is 0.403 e. The summed E-state index contributed by atoms with van der Waals surface area (Å²) in [6.07, 6.45) is 0. The number of halogens is 2. The fraction of sp³-hybridized carbons (Fsp3) is 0.400. The van der Waals surface area contributed by atoms with Crippen LogP contribution in [0, 0.1) is 0 Å². The minimum absolute atomic E-state index is 0.292. The molecule has 1 heterocycles. The lowest BCUT2D eigenvalue weighted by atomic mass is 10.3. The molecule has 0 amide bonds. The molecule has 0 saturated carbocycles. The molecule has 2 atom stereocenters. The van der Waals surface area contributed by atoms with Crippen molar-refractivity contribution in [3.8, 4) is 11.5 Å². The summed E-state index contributed by atoms with van der Waals surface area (Å²) in [6.45, 7) is 8.61. The Morgan fingerprint density at radius 1 is 0.529 bits per heavy atom. The van der Waals surface area contributed by atoms with Gasteiger partial charge in [-0.3, -0.25) is 9.05 Å². The smallest absolute Gasteiger partial charge is 0.403 e. The third-order valence-corrected chi connectivity index (χ3v) is 13.7. The van der Waals surface area contributed by atoms with Gasteiger partial charge in [-0.1, -0.05) is 31.9 Å². The van der Waals surface area contributed by atoms with Gasteiger partial charge in [-0.05, 0) is 76.2 Å². The van der Waals surface area contributed by atoms with Crippen LogP contribution in [-0.2, 0) is 18.1 Å². The number of rotatable bonds is 12. The summed E-state index contributed by atoms with van der Waals surface area (Å²) in [7, 11) is -10.0. The topological polar surface area (TPSA) is 92.5 Å². The van der Waals surface area contributed by atoms with E-state index >= 15 is 0 Å². The summed E-state index contributed by atoms with van der Waals surface area (Å²) in [4.78, 5) is 0. The fourth-order valence-corrected chi connectivity index (χ4v) is 12.7. The standard InChI is InChI=1S/C20H28Br2N3O6P3/c1-5-26-32(27-6-2)23-33(28-7-3,30-19-13-9-17(21)10-14-19)25-34(24-32,29-8-4)31-20-15-11-18(22)12-16-20/h9-16H,5-8H2,1-4H3. The van der Waals surface area contributed by atoms with E-state index in [9.17, 15) is 0 Å². The lowest BCUT2D eigenvalue weighted by Gasteiger charge is -2.32. The van der Waals surface area contributed by atoms with Gasteiger partial charge in [0.15, 0.2) is 0 Å². The Morgan fingerprint density at radius 2 is 0.824 bits per heavy atom. The second kappa shape index (κ2) is 12.7. The van der Waals surface area contributed by atoms with Crippen LogP contribution in [0.25, 0.3) is 0 Å². The molecule has 0 aliphatic carbocycles. The average molecular weight is 659 g/mol. The zero-order valence-corrected chi connectivity index (χ0v) is 25.2. The molecule has 1 aliphatic rings. The molecule has 3 rings (SSSR count). The van der Waals surface area contributed by atoms with Crippen LogP contribution in [0.15, 0.2) is 71.0 Å². The van der Waals surface area contributed by atoms with Gasteiger partial charge in [0, 0.05) is 8.95 Å². The highest BCUT2D eigenvalue weighted by Crippen LogP contribution is 2.79. The predicted molar refractivity (Wildman–Crippen MR) is 144 cm³/mol. The largest absolute Gasteiger partial charge is 0.422 e. The van der Waals surface area contributed by atoms with Gasteiger partial charge in [0.2, 0.25) is 0 Å². The van der Waals surface area contributed by atoms with Gasteiger partial charge in [-0.2, -0.15) is 0 Å². The van der Waals surface area contributed by atoms with Crippen molar-refractivity contribution >= 4 is 54.8 Å². The quantitative estimate of drug-likeness (QED) is 0.211. The third-order valence-electron chi connectivity index (χ3n) is 3.94. The molecule has 14 heteroatoms. The van der Waals surface area contributed by atoms with E-state index in [1.165, 1.54) is 0 Å². The summed E-state index contributed by atoms with van der Waals surface area (Å²) in [5.41, 5.74) is 0. The second-order valence-electron chi connectivity index (χ2n) is 6.50. The van der Waals surface area contributed by atoms with Crippen molar-refractivity contribution in [1.29, 1.82) is 0 Å². The van der Waals surface area contributed by atoms with Crippen LogP contribution in [0.1, 0.15) is 27.7 Å². The Hall–Kier alpha value is -0.470. The van der Waals surface area contributed by atoms with E-state index in [0.717, 1.165) is 8.95 Å². The molecule has 0 spiro atoms. The Labute approximate surface area is 217 Å². The minimum Gasteiger partial charge on any atom is -0.422 e. The van der Waals surface area contributed by atoms with Crippen LogP contribution < -0.4 is 9.05 Å². The van der Waals surface area contributed by atoms with Crippen molar-refractivity contribution in [3.63, 3.8) is 0 Å². The molecule has 0 fully saturated rings. The van der Waals surface area contributed by atoms with E-state index in [1.807, 2.05) is 52.0 Å². The first-order valence-electron chi connectivity index (χ1n) is 10.7. The van der Waals surface area contributed by atoms with Crippen LogP contribution >= 0.6 is 54.8 Å². The summed E-state index contributed by atoms with van der Waals surface area (Å²) in [5, 5.41) is 0. The molecular formula is C20H28Br2N3O6P3. The molecule has 2 unspecified atom stereocenters. The lowest BCUT2D eigenvalue weighted by Crippen LogP contribution is -2.07. The Morgan fingerprint density at radius 3 is 1.18 bits per heavy atom. The monoisotopic (exact) mass is 657 g/mol. The normalized spacial score (nSPS) is 23.4. The van der Waals surface area contributed by atoms with Gasteiger partial charge in [-0.25, -0.2) is 0 Å². The van der Waals surface area contributed by atoms with E-state index in [4.69, 9.17) is 40.7 Å². The second-order valence-corrected chi connectivity index (χ2v) is 14.8. The molecule has 1 aliphatic heterocycles. The molecule has 0 saturated heterocycles. The third kappa shape index (κ3) is 7.28. The molecule has 9 nitrogen and oxygen atoms in total. The zero-order valence-electron chi connectivity index (χ0n) is 19.3. The molecular weight excluding hydrogens is 631 g/mol. The first-order valence-corrected chi connectivity index (χ1v) is 16.9. The Balaban J connectivity index is 2.26. The van der Waals surface area contributed by atoms with Gasteiger partial charge < -0.3 is 18.1 Å². The highest BCUT2D eigenvalue weighted by molar-refractivity contribution is 9.10. The molecule has 2 aromatic rings. The summed E-state index contributed by atoms with van der Waals surface area (Å²) < 4.78 is 53.3. The number of hydrogen-bond donors (Lipinski definition) is 0. The van der Waals surface area contributed by atoms with Crippen LogP contribution in [0.2, 0.25) is 0 Å². The molecule has 34 heavy (non-hydrogen) atoms. The number of nitrogens with zero attached hydrogens (tertiary/aromatic N) is 3. The average Bonchev–Trinajstić information content (AvgIpc) is 2.77. The van der Waals surface area contributed by atoms with Gasteiger partial charge in [0.1, 0.15) is 11.5 Å². The highest BCUT2D eigenvalue weighted by Gasteiger charge is 2.44. The lowest BCUT2D eigenvalue weighted by molar-refractivity contribution is 0.255. The van der Waals surface area contributed by atoms with Crippen LogP contribution in [0.5, 0.6) is 11.5 Å². The van der Waals surface area contributed by atoms with Crippen molar-refractivity contribution in [2.45, 2.75) is 27.7 Å². The first kappa shape index (κ1) is 28.1. The van der Waals surface area contributed by atoms with E-state index in [-0.39, 0.29) is 0 Å². The van der Waals surface area contributed by atoms with Crippen molar-refractivity contribution < 1.29 is 27.1 Å². The highest BCUT2D eigenvalue weighted by atomic mass is 79.9. The van der Waals surface area contributed by atoms with Crippen molar-refractivity contribution in [3.05, 3.63) is 57.5 Å². The number of hydrogen-bond acceptors (Lipinski definition) is 9. The maximum absolute atomic E-state index is 6.35. The summed E-state index contributed by atoms with van der Waals surface area (Å²) >= 11 is 6.89. The molecule has 0 N–H and O–H groups in total. The minimum atomic E-state index is -3.38. The number of benzene rings is 2. The zero-order chi connectivity index (χ0) is 24.7. The predicted octanol–water partition coefficient (Wildman–Crippen LogP) is 9.67. The SMILES string of the molecule is CCOP1(OCC)=NP(OCC)(Oc2ccc(Br)cc2)=NP(OCC)(Oc2ccc(Br)cc2)=N1. The maximum atomic E-state index is 6.35. The summed E-state index contributed by atoms with van der Waals surface area (Å²) in [6, 6.07) is 14.7. The van der Waals surface area contributed by atoms with E-state index in [2.05, 4.69) is 31.9 Å². The molecule has 2 aromatic carbocycles. The van der Waals surface area contributed by atoms with Gasteiger partial charge in [-0.15, -0.1) is 13.5 Å². The van der Waals surface area contributed by atoms with Gasteiger partial charge >= 0.3 is 23.0 Å². The Bertz CT molecular complexity index is 1060. The molecule has 188 valence electrons. The fourth-order valence-electron chi connectivity index (χ4n) is 2.79. The van der Waals surface area contributed by atoms with E-state index < -0.39 is 23.0 Å². The van der Waals surface area contributed by atoms with Crippen LogP contribution in [0.3, 0.4) is 0 Å². The van der Waals surface area contributed by atoms with Gasteiger partial charge in [0.25, 0.3) is 0 Å². The van der Waals surface area contributed by atoms with E-state index in [1.54, 1.807) is 24.3 Å². The van der Waals surface area contributed by atoms with Crippen molar-refractivity contribution in [2.75, 3.05) is 26.4 Å². The van der Waals surface area contributed by atoms with Crippen LogP contribution in [0.4, 0.5) is 0 Å². The van der Waals surface area contributed by atoms with Crippen molar-refractivity contribution in [1.82, 2.24) is 0 Å². The summed E-state index contributed by atoms with van der Waals surface area (Å²) in [5.74, 6) is 1.06.